The smallest absolute Gasteiger partial charge is 0.681 e. The molecule has 4 aliphatic heterocycles. The van der Waals surface area contributed by atoms with Crippen LogP contribution in [0.5, 0.6) is 0 Å². The van der Waals surface area contributed by atoms with Crippen molar-refractivity contribution in [3.63, 3.8) is 0 Å². The van der Waals surface area contributed by atoms with Crippen LogP contribution in [0.25, 0.3) is 23.5 Å². The third kappa shape index (κ3) is 5.88. The van der Waals surface area contributed by atoms with Gasteiger partial charge in [-0.3, -0.25) is 9.59 Å². The van der Waals surface area contributed by atoms with E-state index in [1.807, 2.05) is 13.0 Å². The van der Waals surface area contributed by atoms with Crippen molar-refractivity contribution < 1.29 is 24.2 Å². The van der Waals surface area contributed by atoms with Crippen LogP contribution in [0.4, 0.5) is 0 Å². The van der Waals surface area contributed by atoms with Crippen molar-refractivity contribution in [3.8, 4) is 0 Å². The van der Waals surface area contributed by atoms with Crippen molar-refractivity contribution >= 4 is 53.2 Å². The van der Waals surface area contributed by atoms with Gasteiger partial charge in [0.2, 0.25) is 0 Å². The Kier molecular flexibility index (Phi) is 10.4. The molecule has 0 aromatic carbocycles. The van der Waals surface area contributed by atoms with Crippen LogP contribution in [0.15, 0.2) is 40.5 Å². The van der Waals surface area contributed by atoms with E-state index in [1.165, 1.54) is 12.7 Å². The van der Waals surface area contributed by atoms with Gasteiger partial charge in [0.05, 0.1) is 13.7 Å². The third-order valence-electron chi connectivity index (χ3n) is 11.4. The van der Waals surface area contributed by atoms with Gasteiger partial charge in [-0.1, -0.05) is 51.1 Å². The number of hydrogen-bond donors (Lipinski definition) is 3. The molecule has 5 aliphatic rings. The Hall–Kier alpha value is -2.95. The predicted octanol–water partition coefficient (Wildman–Crippen LogP) is 3.65. The molecule has 6 rings (SSSR count). The van der Waals surface area contributed by atoms with Crippen molar-refractivity contribution in [1.29, 1.82) is 0 Å². The molecule has 1 aromatic rings. The number of hydrogen-bond acceptors (Lipinski definition) is 7. The first-order chi connectivity index (χ1) is 22.0. The van der Waals surface area contributed by atoms with Gasteiger partial charge in [-0.2, -0.15) is 0 Å². The molecule has 0 radical (unpaired) electrons. The number of fused-ring (bicyclic) bond motifs is 8. The molecule has 9 atom stereocenters. The number of ether oxygens (including phenoxy) is 2. The minimum absolute atomic E-state index is 0. The SMILES string of the molecule is C=Cc1c(C)/c2[n-]/c1=C\C1=C(C)C(CC)C(CC3[N-]C4=C(C5NC(\C=2)[C@@H](C)[C@@H]5CCC(=O)OCC)[C@@H](C(=O)OC)C(O)=C4C3C)N1.[Mg+2]. The Balaban J connectivity index is 0.00000433. The molecule has 0 spiro atoms. The zero-order chi connectivity index (χ0) is 33.0. The number of nitrogens with one attached hydrogen (secondary N) is 2. The number of aromatic nitrogens is 1. The average Bonchev–Trinajstić information content (AvgIpc) is 3.77. The second-order valence-electron chi connectivity index (χ2n) is 13.6. The number of esters is 2. The van der Waals surface area contributed by atoms with Crippen LogP contribution in [0.2, 0.25) is 0 Å². The molecule has 47 heavy (non-hydrogen) atoms. The zero-order valence-electron chi connectivity index (χ0n) is 28.9. The number of carbonyl (C=O) groups is 2. The molecule has 2 saturated heterocycles. The summed E-state index contributed by atoms with van der Waals surface area (Å²) in [5, 5.41) is 26.5. The maximum atomic E-state index is 13.4. The summed E-state index contributed by atoms with van der Waals surface area (Å²) in [7, 11) is 1.36. The molecule has 2 fully saturated rings. The van der Waals surface area contributed by atoms with E-state index in [9.17, 15) is 14.7 Å². The summed E-state index contributed by atoms with van der Waals surface area (Å²) in [4.78, 5) is 31.1. The first-order valence-corrected chi connectivity index (χ1v) is 16.9. The molecule has 0 amide bonds. The number of allylic oxidation sites excluding steroid dienone is 2. The molecular formula is C37H48MgN4O5. The second-order valence-corrected chi connectivity index (χ2v) is 13.6. The number of rotatable bonds is 7. The van der Waals surface area contributed by atoms with E-state index in [1.54, 1.807) is 0 Å². The standard InChI is InChI=1S/C37H48N4O5.Mg/c1-9-21-17(4)24-14-26-19(6)23(12-13-30(42)46-11-3)34(40-26)32-33(37(44)45-8)36(43)31-20(7)27(41-35(31)32)16-29-22(10-2)18(5)25(39-29)15-28(21)38-24;/h9,14-15,19-20,22-23,26-27,29,33-34,39-40,43H,1,10-13,16H2,2-8H3;/q-2;+2/b24-14-,28-15-;/t19-,20?,22?,23-,26?,27?,29?,33+,34?;/m0./s1. The van der Waals surface area contributed by atoms with Crippen LogP contribution in [0.3, 0.4) is 0 Å². The number of aliphatic hydroxyl groups is 1. The molecule has 6 unspecified atom stereocenters. The fourth-order valence-electron chi connectivity index (χ4n) is 8.83. The first-order valence-electron chi connectivity index (χ1n) is 16.9. The van der Waals surface area contributed by atoms with Crippen molar-refractivity contribution in [2.75, 3.05) is 13.7 Å². The molecular weight excluding hydrogens is 605 g/mol. The van der Waals surface area contributed by atoms with Gasteiger partial charge < -0.3 is 35.5 Å². The Morgan fingerprint density at radius 2 is 1.94 bits per heavy atom. The van der Waals surface area contributed by atoms with Crippen LogP contribution < -0.4 is 26.3 Å². The molecule has 9 nitrogen and oxygen atoms in total. The molecule has 0 saturated carbocycles. The van der Waals surface area contributed by atoms with E-state index < -0.39 is 11.9 Å². The van der Waals surface area contributed by atoms with Crippen LogP contribution >= 0.6 is 0 Å². The van der Waals surface area contributed by atoms with E-state index in [2.05, 4.69) is 64.0 Å². The maximum absolute atomic E-state index is 13.4. The normalized spacial score (nSPS) is 33.7. The van der Waals surface area contributed by atoms with Gasteiger partial charge in [-0.05, 0) is 80.1 Å². The van der Waals surface area contributed by atoms with E-state index in [-0.39, 0.29) is 83.1 Å². The number of methoxy groups -OCH3 is 1. The van der Waals surface area contributed by atoms with Gasteiger partial charge in [-0.15, -0.1) is 22.4 Å². The summed E-state index contributed by atoms with van der Waals surface area (Å²) >= 11 is 0. The minimum Gasteiger partial charge on any atom is -0.681 e. The van der Waals surface area contributed by atoms with Crippen molar-refractivity contribution in [1.82, 2.24) is 15.6 Å². The third-order valence-corrected chi connectivity index (χ3v) is 11.4. The van der Waals surface area contributed by atoms with Crippen molar-refractivity contribution in [3.05, 3.63) is 67.6 Å². The van der Waals surface area contributed by atoms with Gasteiger partial charge in [0.1, 0.15) is 11.7 Å². The molecule has 248 valence electrons. The van der Waals surface area contributed by atoms with Crippen LogP contribution in [0.1, 0.15) is 71.4 Å². The number of carbonyl (C=O) groups excluding carboxylic acids is 2. The van der Waals surface area contributed by atoms with Crippen LogP contribution in [-0.2, 0) is 19.1 Å². The first kappa shape index (κ1) is 35.4. The van der Waals surface area contributed by atoms with Gasteiger partial charge in [0.15, 0.2) is 0 Å². The monoisotopic (exact) mass is 652 g/mol. The summed E-state index contributed by atoms with van der Waals surface area (Å²) in [6.07, 6.45) is 8.82. The molecule has 5 heterocycles. The second kappa shape index (κ2) is 13.9. The molecule has 8 bridgehead atoms. The fourth-order valence-corrected chi connectivity index (χ4v) is 8.83. The maximum Gasteiger partial charge on any atom is 2.00 e. The summed E-state index contributed by atoms with van der Waals surface area (Å²) in [5.74, 6) is -1.33. The minimum atomic E-state index is -0.939. The Morgan fingerprint density at radius 3 is 2.60 bits per heavy atom. The molecule has 10 heteroatoms. The number of aliphatic hydroxyl groups excluding tert-OH is 1. The zero-order valence-corrected chi connectivity index (χ0v) is 30.3. The topological polar surface area (TPSA) is 125 Å². The van der Waals surface area contributed by atoms with E-state index in [4.69, 9.17) is 19.8 Å². The summed E-state index contributed by atoms with van der Waals surface area (Å²) in [6.45, 7) is 17.1. The predicted molar refractivity (Wildman–Crippen MR) is 184 cm³/mol. The number of nitrogens with zero attached hydrogens (tertiary/aromatic N) is 2. The Labute approximate surface area is 294 Å². The fraction of sp³-hybridized carbons (Fsp3) is 0.568. The van der Waals surface area contributed by atoms with E-state index >= 15 is 0 Å². The van der Waals surface area contributed by atoms with E-state index in [0.29, 0.717) is 18.9 Å². The molecule has 1 aliphatic carbocycles. The molecule has 3 N–H and O–H groups in total. The summed E-state index contributed by atoms with van der Waals surface area (Å²) in [6, 6.07) is -0.337. The summed E-state index contributed by atoms with van der Waals surface area (Å²) in [5.41, 5.74) is 6.73. The van der Waals surface area contributed by atoms with Gasteiger partial charge in [-0.25, -0.2) is 0 Å². The van der Waals surface area contributed by atoms with Gasteiger partial charge in [0, 0.05) is 36.2 Å². The quantitative estimate of drug-likeness (QED) is 0.301. The Bertz CT molecular complexity index is 1670. The van der Waals surface area contributed by atoms with E-state index in [0.717, 1.165) is 57.2 Å². The van der Waals surface area contributed by atoms with Crippen molar-refractivity contribution in [2.24, 2.45) is 29.6 Å². The molecule has 1 aromatic heterocycles. The Morgan fingerprint density at radius 1 is 1.19 bits per heavy atom. The average molecular weight is 653 g/mol. The van der Waals surface area contributed by atoms with Crippen LogP contribution in [0, 0.1) is 36.5 Å². The van der Waals surface area contributed by atoms with Crippen LogP contribution in [-0.4, -0.2) is 78.0 Å². The van der Waals surface area contributed by atoms with Crippen molar-refractivity contribution in [2.45, 2.75) is 91.4 Å². The summed E-state index contributed by atoms with van der Waals surface area (Å²) < 4.78 is 10.6. The van der Waals surface area contributed by atoms with Gasteiger partial charge >= 0.3 is 35.0 Å². The van der Waals surface area contributed by atoms with Gasteiger partial charge in [0.25, 0.3) is 0 Å². The largest absolute Gasteiger partial charge is 2.00 e.